The maximum absolute atomic E-state index is 12.5. The lowest BCUT2D eigenvalue weighted by molar-refractivity contribution is -0.384. The van der Waals surface area contributed by atoms with Gasteiger partial charge in [0.25, 0.3) is 11.6 Å². The Morgan fingerprint density at radius 1 is 1.19 bits per heavy atom. The van der Waals surface area contributed by atoms with Crippen molar-refractivity contribution in [1.82, 2.24) is 15.5 Å². The van der Waals surface area contributed by atoms with Crippen LogP contribution in [0.3, 0.4) is 0 Å². The highest BCUT2D eigenvalue weighted by atomic mass is 35.5. The molecule has 31 heavy (non-hydrogen) atoms. The molecule has 9 heteroatoms. The third kappa shape index (κ3) is 6.50. The van der Waals surface area contributed by atoms with Gasteiger partial charge in [0.1, 0.15) is 6.04 Å². The molecule has 164 valence electrons. The van der Waals surface area contributed by atoms with E-state index in [2.05, 4.69) is 15.5 Å². The van der Waals surface area contributed by atoms with E-state index in [1.807, 2.05) is 24.3 Å². The maximum Gasteiger partial charge on any atom is 0.270 e. The summed E-state index contributed by atoms with van der Waals surface area (Å²) in [5, 5.41) is 17.2. The summed E-state index contributed by atoms with van der Waals surface area (Å²) in [6.07, 6.45) is 1.65. The van der Waals surface area contributed by atoms with Crippen LogP contribution in [0.1, 0.15) is 35.7 Å². The Kier molecular flexibility index (Phi) is 7.59. The number of amides is 2. The number of nitrogens with one attached hydrogen (secondary N) is 2. The summed E-state index contributed by atoms with van der Waals surface area (Å²) in [5.41, 5.74) is 1.17. The zero-order chi connectivity index (χ0) is 22.4. The molecule has 1 fully saturated rings. The summed E-state index contributed by atoms with van der Waals surface area (Å²) >= 11 is 5.93. The zero-order valence-electron chi connectivity index (χ0n) is 17.2. The number of likely N-dealkylation sites (tertiary alicyclic amines) is 1. The van der Waals surface area contributed by atoms with E-state index in [1.54, 1.807) is 6.92 Å². The number of carbonyl (C=O) groups is 2. The van der Waals surface area contributed by atoms with Crippen LogP contribution in [0.25, 0.3) is 0 Å². The zero-order valence-corrected chi connectivity index (χ0v) is 18.0. The van der Waals surface area contributed by atoms with Crippen molar-refractivity contribution in [1.29, 1.82) is 0 Å². The summed E-state index contributed by atoms with van der Waals surface area (Å²) in [6.45, 7) is 4.16. The number of benzene rings is 2. The Hall–Kier alpha value is -2.97. The molecule has 0 bridgehead atoms. The third-order valence-corrected chi connectivity index (χ3v) is 5.57. The number of halogens is 1. The van der Waals surface area contributed by atoms with E-state index in [0.717, 1.165) is 37.5 Å². The minimum atomic E-state index is -0.751. The first-order valence-corrected chi connectivity index (χ1v) is 10.5. The fourth-order valence-electron chi connectivity index (χ4n) is 3.52. The normalized spacial score (nSPS) is 15.8. The number of piperidine rings is 1. The lowest BCUT2D eigenvalue weighted by Gasteiger charge is -2.33. The average molecular weight is 445 g/mol. The van der Waals surface area contributed by atoms with Crippen LogP contribution in [0.15, 0.2) is 48.5 Å². The number of non-ortho nitro benzene ring substituents is 1. The molecule has 0 aromatic heterocycles. The molecular weight excluding hydrogens is 420 g/mol. The number of nitro groups is 1. The van der Waals surface area contributed by atoms with Gasteiger partial charge in [0.15, 0.2) is 0 Å². The first-order valence-electron chi connectivity index (χ1n) is 10.1. The highest BCUT2D eigenvalue weighted by Gasteiger charge is 2.24. The number of hydrogen-bond donors (Lipinski definition) is 2. The van der Waals surface area contributed by atoms with Gasteiger partial charge in [-0.3, -0.25) is 24.6 Å². The standard InChI is InChI=1S/C22H25ClN4O4/c1-15(24-22(29)17-3-2-4-20(13-17)27(30)31)21(28)25-19-9-11-26(12-10-19)14-16-5-7-18(23)8-6-16/h2-8,13,15,19H,9-12,14H2,1H3,(H,24,29)(H,25,28)/t15-/m0/s1. The van der Waals surface area contributed by atoms with E-state index < -0.39 is 16.9 Å². The van der Waals surface area contributed by atoms with Crippen LogP contribution in [0.4, 0.5) is 5.69 Å². The molecule has 2 amide bonds. The van der Waals surface area contributed by atoms with Crippen LogP contribution < -0.4 is 10.6 Å². The average Bonchev–Trinajstić information content (AvgIpc) is 2.76. The molecule has 1 heterocycles. The molecular formula is C22H25ClN4O4. The first-order chi connectivity index (χ1) is 14.8. The van der Waals surface area contributed by atoms with Crippen molar-refractivity contribution in [3.05, 3.63) is 74.8 Å². The largest absolute Gasteiger partial charge is 0.351 e. The molecule has 1 saturated heterocycles. The predicted molar refractivity (Wildman–Crippen MR) is 118 cm³/mol. The third-order valence-electron chi connectivity index (χ3n) is 5.31. The molecule has 2 aromatic carbocycles. The van der Waals surface area contributed by atoms with Crippen molar-refractivity contribution in [3.63, 3.8) is 0 Å². The Bertz CT molecular complexity index is 943. The number of nitrogens with zero attached hydrogens (tertiary/aromatic N) is 2. The van der Waals surface area contributed by atoms with Crippen LogP contribution in [0, 0.1) is 10.1 Å². The number of nitro benzene ring substituents is 1. The molecule has 0 saturated carbocycles. The molecule has 0 unspecified atom stereocenters. The SMILES string of the molecule is C[C@H](NC(=O)c1cccc([N+](=O)[O-])c1)C(=O)NC1CCN(Cc2ccc(Cl)cc2)CC1. The molecule has 0 aliphatic carbocycles. The minimum Gasteiger partial charge on any atom is -0.351 e. The fraction of sp³-hybridized carbons (Fsp3) is 0.364. The van der Waals surface area contributed by atoms with E-state index in [0.29, 0.717) is 0 Å². The fourth-order valence-corrected chi connectivity index (χ4v) is 3.64. The second-order valence-electron chi connectivity index (χ2n) is 7.69. The van der Waals surface area contributed by atoms with Gasteiger partial charge in [0.05, 0.1) is 4.92 Å². The van der Waals surface area contributed by atoms with Crippen LogP contribution in [0.2, 0.25) is 5.02 Å². The monoisotopic (exact) mass is 444 g/mol. The van der Waals surface area contributed by atoms with Gasteiger partial charge in [-0.1, -0.05) is 29.8 Å². The Labute approximate surface area is 185 Å². The molecule has 8 nitrogen and oxygen atoms in total. The van der Waals surface area contributed by atoms with E-state index in [-0.39, 0.29) is 23.2 Å². The summed E-state index contributed by atoms with van der Waals surface area (Å²) in [6, 6.07) is 12.5. The molecule has 1 aliphatic rings. The van der Waals surface area contributed by atoms with E-state index >= 15 is 0 Å². The van der Waals surface area contributed by atoms with Gasteiger partial charge in [-0.25, -0.2) is 0 Å². The van der Waals surface area contributed by atoms with E-state index in [1.165, 1.54) is 29.8 Å². The summed E-state index contributed by atoms with van der Waals surface area (Å²) in [4.78, 5) is 37.5. The topological polar surface area (TPSA) is 105 Å². The summed E-state index contributed by atoms with van der Waals surface area (Å²) in [7, 11) is 0. The van der Waals surface area contributed by atoms with Crippen molar-refractivity contribution >= 4 is 29.1 Å². The van der Waals surface area contributed by atoms with Crippen molar-refractivity contribution in [2.45, 2.75) is 38.4 Å². The van der Waals surface area contributed by atoms with Crippen molar-refractivity contribution < 1.29 is 14.5 Å². The molecule has 1 aliphatic heterocycles. The molecule has 2 N–H and O–H groups in total. The second-order valence-corrected chi connectivity index (χ2v) is 8.12. The van der Waals surface area contributed by atoms with Gasteiger partial charge in [-0.15, -0.1) is 0 Å². The molecule has 2 aromatic rings. The van der Waals surface area contributed by atoms with Gasteiger partial charge in [-0.05, 0) is 43.5 Å². The van der Waals surface area contributed by atoms with Crippen LogP contribution in [-0.4, -0.2) is 46.8 Å². The van der Waals surface area contributed by atoms with Crippen molar-refractivity contribution in [3.8, 4) is 0 Å². The second kappa shape index (κ2) is 10.4. The lowest BCUT2D eigenvalue weighted by Crippen LogP contribution is -2.51. The number of hydrogen-bond acceptors (Lipinski definition) is 5. The number of rotatable bonds is 7. The van der Waals surface area contributed by atoms with E-state index in [4.69, 9.17) is 11.6 Å². The smallest absolute Gasteiger partial charge is 0.270 e. The van der Waals surface area contributed by atoms with Crippen molar-refractivity contribution in [2.24, 2.45) is 0 Å². The van der Waals surface area contributed by atoms with Crippen molar-refractivity contribution in [2.75, 3.05) is 13.1 Å². The lowest BCUT2D eigenvalue weighted by atomic mass is 10.0. The Balaban J connectivity index is 1.45. The molecule has 3 rings (SSSR count). The Morgan fingerprint density at radius 3 is 2.52 bits per heavy atom. The van der Waals surface area contributed by atoms with Crippen LogP contribution in [0.5, 0.6) is 0 Å². The highest BCUT2D eigenvalue weighted by molar-refractivity contribution is 6.30. The molecule has 0 radical (unpaired) electrons. The maximum atomic E-state index is 12.5. The van der Waals surface area contributed by atoms with Gasteiger partial charge in [0.2, 0.25) is 5.91 Å². The minimum absolute atomic E-state index is 0.0473. The highest BCUT2D eigenvalue weighted by Crippen LogP contribution is 2.16. The van der Waals surface area contributed by atoms with Gasteiger partial charge >= 0.3 is 0 Å². The Morgan fingerprint density at radius 2 is 1.87 bits per heavy atom. The quantitative estimate of drug-likeness (QED) is 0.504. The summed E-state index contributed by atoms with van der Waals surface area (Å²) < 4.78 is 0. The van der Waals surface area contributed by atoms with Gasteiger partial charge in [0, 0.05) is 48.4 Å². The summed E-state index contributed by atoms with van der Waals surface area (Å²) in [5.74, 6) is -0.793. The van der Waals surface area contributed by atoms with Crippen LogP contribution in [-0.2, 0) is 11.3 Å². The molecule has 1 atom stereocenters. The first kappa shape index (κ1) is 22.7. The predicted octanol–water partition coefficient (Wildman–Crippen LogP) is 3.15. The molecule has 0 spiro atoms. The van der Waals surface area contributed by atoms with E-state index in [9.17, 15) is 19.7 Å². The number of carbonyl (C=O) groups excluding carboxylic acids is 2. The van der Waals surface area contributed by atoms with Gasteiger partial charge in [-0.2, -0.15) is 0 Å². The van der Waals surface area contributed by atoms with Gasteiger partial charge < -0.3 is 10.6 Å². The van der Waals surface area contributed by atoms with Crippen LogP contribution >= 0.6 is 11.6 Å².